The lowest BCUT2D eigenvalue weighted by molar-refractivity contribution is -0.119. The van der Waals surface area contributed by atoms with Crippen LogP contribution in [0.3, 0.4) is 0 Å². The lowest BCUT2D eigenvalue weighted by Gasteiger charge is -2.34. The van der Waals surface area contributed by atoms with Gasteiger partial charge in [-0.25, -0.2) is 0 Å². The number of piperazine rings is 1. The van der Waals surface area contributed by atoms with E-state index < -0.39 is 0 Å². The molecular weight excluding hydrogens is 298 g/mol. The molecule has 1 heterocycles. The molecule has 126 valence electrons. The Morgan fingerprint density at radius 1 is 0.833 bits per heavy atom. The Kier molecular flexibility index (Phi) is 5.62. The normalized spacial score (nSPS) is 16.0. The van der Waals surface area contributed by atoms with Crippen LogP contribution >= 0.6 is 0 Å². The summed E-state index contributed by atoms with van der Waals surface area (Å²) in [5, 5.41) is 0. The molecule has 0 radical (unpaired) electrons. The molecule has 4 heteroatoms. The second kappa shape index (κ2) is 8.08. The third kappa shape index (κ3) is 4.02. The molecule has 1 saturated heterocycles. The van der Waals surface area contributed by atoms with Crippen LogP contribution in [0.1, 0.15) is 6.92 Å². The van der Waals surface area contributed by atoms with Crippen molar-refractivity contribution in [2.24, 2.45) is 0 Å². The molecule has 0 bridgehead atoms. The van der Waals surface area contributed by atoms with Crippen LogP contribution in [-0.2, 0) is 4.79 Å². The maximum atomic E-state index is 13.0. The number of benzene rings is 2. The number of carbonyl (C=O) groups excluding carboxylic acids is 1. The van der Waals surface area contributed by atoms with E-state index in [4.69, 9.17) is 0 Å². The van der Waals surface area contributed by atoms with Gasteiger partial charge in [0.1, 0.15) is 0 Å². The van der Waals surface area contributed by atoms with Crippen molar-refractivity contribution in [1.29, 1.82) is 0 Å². The van der Waals surface area contributed by atoms with Crippen LogP contribution < -0.4 is 4.90 Å². The summed E-state index contributed by atoms with van der Waals surface area (Å²) in [4.78, 5) is 19.5. The van der Waals surface area contributed by atoms with Gasteiger partial charge in [0.25, 0.3) is 0 Å². The van der Waals surface area contributed by atoms with Crippen LogP contribution in [0.4, 0.5) is 11.4 Å². The van der Waals surface area contributed by atoms with E-state index in [9.17, 15) is 4.79 Å². The fourth-order valence-corrected chi connectivity index (χ4v) is 3.12. The number of anilines is 2. The zero-order chi connectivity index (χ0) is 16.8. The maximum absolute atomic E-state index is 13.0. The lowest BCUT2D eigenvalue weighted by Crippen LogP contribution is -2.49. The maximum Gasteiger partial charge on any atom is 0.245 e. The molecular formula is C20H25N3O. The fraction of sp³-hybridized carbons (Fsp3) is 0.350. The summed E-state index contributed by atoms with van der Waals surface area (Å²) in [6, 6.07) is 19.8. The van der Waals surface area contributed by atoms with Gasteiger partial charge in [-0.05, 0) is 30.8 Å². The average Bonchev–Trinajstić information content (AvgIpc) is 2.64. The summed E-state index contributed by atoms with van der Waals surface area (Å²) in [6.07, 6.45) is 0. The Labute approximate surface area is 144 Å². The highest BCUT2D eigenvalue weighted by Gasteiger charge is 2.23. The molecule has 0 aliphatic carbocycles. The predicted octanol–water partition coefficient (Wildman–Crippen LogP) is 2.99. The van der Waals surface area contributed by atoms with Crippen molar-refractivity contribution < 1.29 is 4.79 Å². The zero-order valence-corrected chi connectivity index (χ0v) is 14.3. The SMILES string of the molecule is CCN1CCN(CC(=O)N(c2ccccc2)c2ccccc2)CC1. The first-order valence-electron chi connectivity index (χ1n) is 8.65. The van der Waals surface area contributed by atoms with E-state index >= 15 is 0 Å². The largest absolute Gasteiger partial charge is 0.301 e. The highest BCUT2D eigenvalue weighted by molar-refractivity contribution is 6.01. The van der Waals surface area contributed by atoms with Crippen LogP contribution in [0.25, 0.3) is 0 Å². The molecule has 0 unspecified atom stereocenters. The summed E-state index contributed by atoms with van der Waals surface area (Å²) < 4.78 is 0. The Balaban J connectivity index is 1.75. The first-order chi connectivity index (χ1) is 11.8. The summed E-state index contributed by atoms with van der Waals surface area (Å²) >= 11 is 0. The highest BCUT2D eigenvalue weighted by Crippen LogP contribution is 2.25. The molecule has 4 nitrogen and oxygen atoms in total. The van der Waals surface area contributed by atoms with E-state index in [1.54, 1.807) is 0 Å². The number of hydrogen-bond acceptors (Lipinski definition) is 3. The van der Waals surface area contributed by atoms with Gasteiger partial charge < -0.3 is 4.90 Å². The smallest absolute Gasteiger partial charge is 0.245 e. The van der Waals surface area contributed by atoms with E-state index in [-0.39, 0.29) is 5.91 Å². The topological polar surface area (TPSA) is 26.8 Å². The summed E-state index contributed by atoms with van der Waals surface area (Å²) in [6.45, 7) is 7.73. The highest BCUT2D eigenvalue weighted by atomic mass is 16.2. The molecule has 0 saturated carbocycles. The molecule has 1 aliphatic rings. The van der Waals surface area contributed by atoms with Crippen LogP contribution in [0.15, 0.2) is 60.7 Å². The Morgan fingerprint density at radius 2 is 1.29 bits per heavy atom. The van der Waals surface area contributed by atoms with E-state index in [2.05, 4.69) is 16.7 Å². The third-order valence-corrected chi connectivity index (χ3v) is 4.55. The number of amides is 1. The van der Waals surface area contributed by atoms with Crippen molar-refractivity contribution >= 4 is 17.3 Å². The van der Waals surface area contributed by atoms with Gasteiger partial charge in [-0.2, -0.15) is 0 Å². The van der Waals surface area contributed by atoms with E-state index in [1.165, 1.54) is 0 Å². The Bertz CT molecular complexity index is 597. The number of para-hydroxylation sites is 2. The number of rotatable bonds is 5. The number of likely N-dealkylation sites (N-methyl/N-ethyl adjacent to an activating group) is 1. The molecule has 0 atom stereocenters. The van der Waals surface area contributed by atoms with Gasteiger partial charge in [-0.3, -0.25) is 14.6 Å². The minimum atomic E-state index is 0.123. The van der Waals surface area contributed by atoms with E-state index in [1.807, 2.05) is 65.6 Å². The summed E-state index contributed by atoms with van der Waals surface area (Å²) in [5.41, 5.74) is 1.83. The number of nitrogens with zero attached hydrogens (tertiary/aromatic N) is 3. The van der Waals surface area contributed by atoms with Crippen molar-refractivity contribution in [2.75, 3.05) is 44.2 Å². The van der Waals surface area contributed by atoms with Crippen LogP contribution in [0.5, 0.6) is 0 Å². The molecule has 0 spiro atoms. The first kappa shape index (κ1) is 16.7. The molecule has 24 heavy (non-hydrogen) atoms. The monoisotopic (exact) mass is 323 g/mol. The fourth-order valence-electron chi connectivity index (χ4n) is 3.12. The second-order valence-corrected chi connectivity index (χ2v) is 6.11. The van der Waals surface area contributed by atoms with Gasteiger partial charge in [0.15, 0.2) is 0 Å². The van der Waals surface area contributed by atoms with Gasteiger partial charge in [0.2, 0.25) is 5.91 Å². The van der Waals surface area contributed by atoms with Crippen molar-refractivity contribution in [1.82, 2.24) is 9.80 Å². The van der Waals surface area contributed by atoms with Crippen molar-refractivity contribution in [3.8, 4) is 0 Å². The van der Waals surface area contributed by atoms with Crippen LogP contribution in [-0.4, -0.2) is 55.0 Å². The zero-order valence-electron chi connectivity index (χ0n) is 14.3. The van der Waals surface area contributed by atoms with Crippen LogP contribution in [0, 0.1) is 0 Å². The molecule has 3 rings (SSSR count). The molecule has 2 aromatic carbocycles. The lowest BCUT2D eigenvalue weighted by atomic mass is 10.2. The molecule has 1 fully saturated rings. The number of hydrogen-bond donors (Lipinski definition) is 0. The number of carbonyl (C=O) groups is 1. The average molecular weight is 323 g/mol. The van der Waals surface area contributed by atoms with Gasteiger partial charge in [0, 0.05) is 37.6 Å². The molecule has 2 aromatic rings. The predicted molar refractivity (Wildman–Crippen MR) is 98.6 cm³/mol. The Morgan fingerprint density at radius 3 is 1.75 bits per heavy atom. The van der Waals surface area contributed by atoms with Crippen LogP contribution in [0.2, 0.25) is 0 Å². The molecule has 1 aliphatic heterocycles. The Hall–Kier alpha value is -2.17. The minimum Gasteiger partial charge on any atom is -0.301 e. The molecule has 0 N–H and O–H groups in total. The first-order valence-corrected chi connectivity index (χ1v) is 8.65. The van der Waals surface area contributed by atoms with E-state index in [0.717, 1.165) is 44.1 Å². The molecule has 1 amide bonds. The van der Waals surface area contributed by atoms with Crippen molar-refractivity contribution in [3.63, 3.8) is 0 Å². The third-order valence-electron chi connectivity index (χ3n) is 4.55. The quantitative estimate of drug-likeness (QED) is 0.846. The summed E-state index contributed by atoms with van der Waals surface area (Å²) in [7, 11) is 0. The van der Waals surface area contributed by atoms with Gasteiger partial charge in [-0.1, -0.05) is 43.3 Å². The second-order valence-electron chi connectivity index (χ2n) is 6.11. The molecule has 0 aromatic heterocycles. The van der Waals surface area contributed by atoms with Gasteiger partial charge in [-0.15, -0.1) is 0 Å². The standard InChI is InChI=1S/C20H25N3O/c1-2-21-13-15-22(16-14-21)17-20(24)23(18-9-5-3-6-10-18)19-11-7-4-8-12-19/h3-12H,2,13-17H2,1H3. The van der Waals surface area contributed by atoms with E-state index in [0.29, 0.717) is 6.54 Å². The van der Waals surface area contributed by atoms with Gasteiger partial charge >= 0.3 is 0 Å². The summed E-state index contributed by atoms with van der Waals surface area (Å²) in [5.74, 6) is 0.123. The van der Waals surface area contributed by atoms with Crippen molar-refractivity contribution in [3.05, 3.63) is 60.7 Å². The minimum absolute atomic E-state index is 0.123. The van der Waals surface area contributed by atoms with Gasteiger partial charge in [0.05, 0.1) is 6.54 Å². The van der Waals surface area contributed by atoms with Crippen molar-refractivity contribution in [2.45, 2.75) is 6.92 Å².